The Morgan fingerprint density at radius 3 is 2.52 bits per heavy atom. The third-order valence-corrected chi connectivity index (χ3v) is 5.89. The van der Waals surface area contributed by atoms with Crippen LogP contribution in [0.4, 0.5) is 0 Å². The van der Waals surface area contributed by atoms with Crippen LogP contribution in [0.1, 0.15) is 53.8 Å². The standard InChI is InChI=1S/C24H27ClO4/c1-5-18-11-17-12-21(25)19(6-2)20(24(17)29-18)13-28-22-9-7-16(8-10-23(26)27)14(3)15(22)4/h7,9,11-12H,5-6,8,10,13H2,1-4H3,(H,26,27). The minimum Gasteiger partial charge on any atom is -0.488 e. The van der Waals surface area contributed by atoms with E-state index in [1.807, 2.05) is 38.1 Å². The summed E-state index contributed by atoms with van der Waals surface area (Å²) >= 11 is 6.54. The molecule has 2 aromatic carbocycles. The predicted octanol–water partition coefficient (Wildman–Crippen LogP) is 6.42. The normalized spacial score (nSPS) is 11.2. The SMILES string of the molecule is CCc1cc2cc(Cl)c(CC)c(COc3ccc(CCC(=O)O)c(C)c3C)c2o1. The maximum absolute atomic E-state index is 10.9. The third kappa shape index (κ3) is 4.43. The van der Waals surface area contributed by atoms with Crippen molar-refractivity contribution in [3.63, 3.8) is 0 Å². The molecule has 0 saturated carbocycles. The number of ether oxygens (including phenoxy) is 1. The molecule has 0 radical (unpaired) electrons. The molecule has 0 bridgehead atoms. The van der Waals surface area contributed by atoms with E-state index in [-0.39, 0.29) is 6.42 Å². The van der Waals surface area contributed by atoms with Gasteiger partial charge in [-0.2, -0.15) is 0 Å². The number of carbonyl (C=O) groups is 1. The minimum atomic E-state index is -0.788. The van der Waals surface area contributed by atoms with E-state index in [2.05, 4.69) is 13.8 Å². The lowest BCUT2D eigenvalue weighted by molar-refractivity contribution is -0.136. The Hall–Kier alpha value is -2.46. The second kappa shape index (κ2) is 8.91. The summed E-state index contributed by atoms with van der Waals surface area (Å²) in [5.74, 6) is 0.934. The minimum absolute atomic E-state index is 0.124. The van der Waals surface area contributed by atoms with Crippen molar-refractivity contribution in [2.24, 2.45) is 0 Å². The van der Waals surface area contributed by atoms with Crippen molar-refractivity contribution < 1.29 is 19.1 Å². The Morgan fingerprint density at radius 1 is 1.10 bits per heavy atom. The quantitative estimate of drug-likeness (QED) is 0.461. The summed E-state index contributed by atoms with van der Waals surface area (Å²) in [6, 6.07) is 7.88. The highest BCUT2D eigenvalue weighted by molar-refractivity contribution is 6.32. The maximum Gasteiger partial charge on any atom is 0.303 e. The van der Waals surface area contributed by atoms with E-state index in [1.54, 1.807) is 0 Å². The molecule has 0 spiro atoms. The highest BCUT2D eigenvalue weighted by Crippen LogP contribution is 2.34. The fourth-order valence-electron chi connectivity index (χ4n) is 3.69. The lowest BCUT2D eigenvalue weighted by Crippen LogP contribution is -2.04. The molecule has 154 valence electrons. The highest BCUT2D eigenvalue weighted by Gasteiger charge is 2.17. The molecule has 3 rings (SSSR count). The molecule has 29 heavy (non-hydrogen) atoms. The van der Waals surface area contributed by atoms with Crippen LogP contribution in [0.25, 0.3) is 11.0 Å². The summed E-state index contributed by atoms with van der Waals surface area (Å²) in [5.41, 5.74) is 6.01. The highest BCUT2D eigenvalue weighted by atomic mass is 35.5. The van der Waals surface area contributed by atoms with Gasteiger partial charge in [0.1, 0.15) is 23.7 Å². The molecule has 0 unspecified atom stereocenters. The van der Waals surface area contributed by atoms with E-state index in [0.717, 1.165) is 68.2 Å². The van der Waals surface area contributed by atoms with Gasteiger partial charge >= 0.3 is 5.97 Å². The molecule has 0 atom stereocenters. The van der Waals surface area contributed by atoms with Gasteiger partial charge in [0.25, 0.3) is 0 Å². The van der Waals surface area contributed by atoms with E-state index >= 15 is 0 Å². The lowest BCUT2D eigenvalue weighted by Gasteiger charge is -2.16. The third-order valence-electron chi connectivity index (χ3n) is 5.55. The Morgan fingerprint density at radius 2 is 1.86 bits per heavy atom. The number of carboxylic acids is 1. The summed E-state index contributed by atoms with van der Waals surface area (Å²) in [4.78, 5) is 10.9. The lowest BCUT2D eigenvalue weighted by atomic mass is 9.98. The number of rotatable bonds is 8. The van der Waals surface area contributed by atoms with Crippen molar-refractivity contribution in [2.75, 3.05) is 0 Å². The zero-order valence-electron chi connectivity index (χ0n) is 17.4. The molecule has 1 N–H and O–H groups in total. The first-order valence-corrected chi connectivity index (χ1v) is 10.4. The number of hydrogen-bond donors (Lipinski definition) is 1. The van der Waals surface area contributed by atoms with Crippen molar-refractivity contribution in [1.82, 2.24) is 0 Å². The van der Waals surface area contributed by atoms with Crippen molar-refractivity contribution in [2.45, 2.75) is 60.0 Å². The number of hydrogen-bond acceptors (Lipinski definition) is 3. The van der Waals surface area contributed by atoms with Crippen LogP contribution in [0.2, 0.25) is 5.02 Å². The van der Waals surface area contributed by atoms with Crippen molar-refractivity contribution in [1.29, 1.82) is 0 Å². The average Bonchev–Trinajstić information content (AvgIpc) is 3.10. The van der Waals surface area contributed by atoms with E-state index in [9.17, 15) is 4.79 Å². The number of aliphatic carboxylic acids is 1. The van der Waals surface area contributed by atoms with Crippen molar-refractivity contribution in [3.8, 4) is 5.75 Å². The van der Waals surface area contributed by atoms with Gasteiger partial charge in [-0.15, -0.1) is 0 Å². The van der Waals surface area contributed by atoms with E-state index < -0.39 is 5.97 Å². The molecule has 0 aliphatic carbocycles. The monoisotopic (exact) mass is 414 g/mol. The van der Waals surface area contributed by atoms with Crippen LogP contribution >= 0.6 is 11.6 Å². The van der Waals surface area contributed by atoms with Crippen LogP contribution in [0.3, 0.4) is 0 Å². The van der Waals surface area contributed by atoms with Gasteiger partial charge in [0.15, 0.2) is 0 Å². The second-order valence-electron chi connectivity index (χ2n) is 7.31. The Kier molecular flexibility index (Phi) is 6.53. The zero-order valence-corrected chi connectivity index (χ0v) is 18.2. The first kappa shape index (κ1) is 21.3. The molecule has 0 amide bonds. The molecule has 0 aliphatic rings. The molecule has 0 aliphatic heterocycles. The first-order chi connectivity index (χ1) is 13.8. The predicted molar refractivity (Wildman–Crippen MR) is 116 cm³/mol. The van der Waals surface area contributed by atoms with Crippen LogP contribution in [0.5, 0.6) is 5.75 Å². The summed E-state index contributed by atoms with van der Waals surface area (Å²) in [6.07, 6.45) is 2.26. The molecule has 3 aromatic rings. The topological polar surface area (TPSA) is 59.7 Å². The number of benzene rings is 2. The maximum atomic E-state index is 10.9. The molecule has 0 saturated heterocycles. The Balaban J connectivity index is 1.91. The number of halogens is 1. The van der Waals surface area contributed by atoms with Crippen LogP contribution < -0.4 is 4.74 Å². The van der Waals surface area contributed by atoms with Gasteiger partial charge in [0.2, 0.25) is 0 Å². The molecule has 1 aromatic heterocycles. The number of aryl methyl sites for hydroxylation is 2. The number of carboxylic acid groups (broad SMARTS) is 1. The van der Waals surface area contributed by atoms with Gasteiger partial charge in [-0.1, -0.05) is 31.5 Å². The summed E-state index contributed by atoms with van der Waals surface area (Å²) in [6.45, 7) is 8.52. The second-order valence-corrected chi connectivity index (χ2v) is 7.72. The molecular weight excluding hydrogens is 388 g/mol. The number of fused-ring (bicyclic) bond motifs is 1. The fourth-order valence-corrected chi connectivity index (χ4v) is 4.05. The van der Waals surface area contributed by atoms with Crippen molar-refractivity contribution in [3.05, 3.63) is 62.9 Å². The zero-order chi connectivity index (χ0) is 21.1. The van der Waals surface area contributed by atoms with E-state index in [0.29, 0.717) is 13.0 Å². The van der Waals surface area contributed by atoms with Gasteiger partial charge in [0, 0.05) is 28.8 Å². The Labute approximate surface area is 176 Å². The van der Waals surface area contributed by atoms with Gasteiger partial charge in [-0.05, 0) is 67.1 Å². The Bertz CT molecular complexity index is 1050. The average molecular weight is 415 g/mol. The largest absolute Gasteiger partial charge is 0.488 e. The molecular formula is C24H27ClO4. The van der Waals surface area contributed by atoms with Gasteiger partial charge in [-0.25, -0.2) is 0 Å². The number of furan rings is 1. The molecule has 4 nitrogen and oxygen atoms in total. The van der Waals surface area contributed by atoms with Crippen LogP contribution in [-0.2, 0) is 30.7 Å². The van der Waals surface area contributed by atoms with E-state index in [4.69, 9.17) is 25.9 Å². The molecule has 5 heteroatoms. The van der Waals surface area contributed by atoms with Gasteiger partial charge in [-0.3, -0.25) is 4.79 Å². The summed E-state index contributed by atoms with van der Waals surface area (Å²) in [7, 11) is 0. The fraction of sp³-hybridized carbons (Fsp3) is 0.375. The summed E-state index contributed by atoms with van der Waals surface area (Å²) in [5, 5.41) is 10.7. The van der Waals surface area contributed by atoms with Gasteiger partial charge < -0.3 is 14.3 Å². The van der Waals surface area contributed by atoms with Gasteiger partial charge in [0.05, 0.1) is 0 Å². The molecule has 0 fully saturated rings. The smallest absolute Gasteiger partial charge is 0.303 e. The molecule has 1 heterocycles. The van der Waals surface area contributed by atoms with Crippen LogP contribution in [-0.4, -0.2) is 11.1 Å². The van der Waals surface area contributed by atoms with E-state index in [1.165, 1.54) is 0 Å². The van der Waals surface area contributed by atoms with Crippen LogP contribution in [0.15, 0.2) is 28.7 Å². The van der Waals surface area contributed by atoms with Crippen molar-refractivity contribution >= 4 is 28.5 Å². The van der Waals surface area contributed by atoms with Crippen LogP contribution in [0, 0.1) is 13.8 Å². The first-order valence-electron chi connectivity index (χ1n) is 10.0. The summed E-state index contributed by atoms with van der Waals surface area (Å²) < 4.78 is 12.3.